The second kappa shape index (κ2) is 10.6. The maximum atomic E-state index is 13.5. The molecule has 1 aliphatic rings. The Morgan fingerprint density at radius 2 is 1.65 bits per heavy atom. The lowest BCUT2D eigenvalue weighted by molar-refractivity contribution is -0.141. The molecule has 1 atom stereocenters. The highest BCUT2D eigenvalue weighted by Gasteiger charge is 2.30. The molecular formula is C27H36N2O2. The Balaban J connectivity index is 1.84. The number of benzene rings is 2. The summed E-state index contributed by atoms with van der Waals surface area (Å²) in [5.74, 6) is -0.0153. The first-order valence-corrected chi connectivity index (χ1v) is 11.6. The molecule has 166 valence electrons. The van der Waals surface area contributed by atoms with Gasteiger partial charge in [-0.25, -0.2) is 0 Å². The van der Waals surface area contributed by atoms with E-state index in [0.29, 0.717) is 19.4 Å². The van der Waals surface area contributed by atoms with Crippen molar-refractivity contribution in [1.82, 2.24) is 10.2 Å². The molecule has 4 heteroatoms. The molecule has 0 unspecified atom stereocenters. The van der Waals surface area contributed by atoms with Crippen molar-refractivity contribution in [3.8, 4) is 0 Å². The Labute approximate surface area is 187 Å². The third kappa shape index (κ3) is 6.19. The van der Waals surface area contributed by atoms with Crippen LogP contribution < -0.4 is 5.32 Å². The summed E-state index contributed by atoms with van der Waals surface area (Å²) in [6, 6.07) is 14.2. The molecule has 0 radical (unpaired) electrons. The van der Waals surface area contributed by atoms with E-state index in [4.69, 9.17) is 0 Å². The zero-order chi connectivity index (χ0) is 22.4. The van der Waals surface area contributed by atoms with Crippen LogP contribution in [0, 0.1) is 20.8 Å². The van der Waals surface area contributed by atoms with Gasteiger partial charge < -0.3 is 10.2 Å². The Kier molecular flexibility index (Phi) is 7.89. The summed E-state index contributed by atoms with van der Waals surface area (Å²) in [6.07, 6.45) is 5.32. The molecule has 1 saturated carbocycles. The second-order valence-corrected chi connectivity index (χ2v) is 9.03. The smallest absolute Gasteiger partial charge is 0.243 e. The van der Waals surface area contributed by atoms with Crippen molar-refractivity contribution in [1.29, 1.82) is 0 Å². The highest BCUT2D eigenvalue weighted by molar-refractivity contribution is 5.88. The number of rotatable bonds is 8. The van der Waals surface area contributed by atoms with Crippen LogP contribution in [-0.2, 0) is 22.6 Å². The molecule has 1 N–H and O–H groups in total. The van der Waals surface area contributed by atoms with Crippen molar-refractivity contribution < 1.29 is 9.59 Å². The number of carbonyl (C=O) groups excluding carboxylic acids is 2. The monoisotopic (exact) mass is 420 g/mol. The van der Waals surface area contributed by atoms with E-state index in [1.165, 1.54) is 18.4 Å². The van der Waals surface area contributed by atoms with E-state index >= 15 is 0 Å². The first-order chi connectivity index (χ1) is 14.9. The fraction of sp³-hybridized carbons (Fsp3) is 0.481. The van der Waals surface area contributed by atoms with Crippen molar-refractivity contribution in [2.45, 2.75) is 84.8 Å². The minimum Gasteiger partial charge on any atom is -0.352 e. The fourth-order valence-corrected chi connectivity index (χ4v) is 4.43. The molecule has 0 aromatic heterocycles. The van der Waals surface area contributed by atoms with E-state index in [2.05, 4.69) is 54.7 Å². The fourth-order valence-electron chi connectivity index (χ4n) is 4.43. The van der Waals surface area contributed by atoms with Crippen LogP contribution in [0.15, 0.2) is 42.5 Å². The van der Waals surface area contributed by atoms with Gasteiger partial charge in [0.25, 0.3) is 0 Å². The number of carbonyl (C=O) groups is 2. The molecule has 4 nitrogen and oxygen atoms in total. The van der Waals surface area contributed by atoms with Gasteiger partial charge in [-0.05, 0) is 56.7 Å². The van der Waals surface area contributed by atoms with Gasteiger partial charge in [0.15, 0.2) is 0 Å². The summed E-state index contributed by atoms with van der Waals surface area (Å²) < 4.78 is 0. The van der Waals surface area contributed by atoms with E-state index in [1.54, 1.807) is 4.90 Å². The molecule has 3 rings (SSSR count). The van der Waals surface area contributed by atoms with E-state index in [0.717, 1.165) is 35.1 Å². The van der Waals surface area contributed by atoms with Crippen LogP contribution in [0.1, 0.15) is 66.8 Å². The Bertz CT molecular complexity index is 898. The van der Waals surface area contributed by atoms with Gasteiger partial charge in [0.1, 0.15) is 6.04 Å². The third-order valence-corrected chi connectivity index (χ3v) is 6.41. The van der Waals surface area contributed by atoms with E-state index in [-0.39, 0.29) is 17.9 Å². The first kappa shape index (κ1) is 23.1. The van der Waals surface area contributed by atoms with Crippen LogP contribution in [0.4, 0.5) is 0 Å². The first-order valence-electron chi connectivity index (χ1n) is 11.6. The second-order valence-electron chi connectivity index (χ2n) is 9.03. The molecule has 1 aliphatic carbocycles. The molecule has 1 fully saturated rings. The lowest BCUT2D eigenvalue weighted by Gasteiger charge is -2.32. The molecular weight excluding hydrogens is 384 g/mol. The summed E-state index contributed by atoms with van der Waals surface area (Å²) in [5, 5.41) is 3.21. The summed E-state index contributed by atoms with van der Waals surface area (Å²) in [6.45, 7) is 8.57. The summed E-state index contributed by atoms with van der Waals surface area (Å²) in [4.78, 5) is 28.5. The number of hydrogen-bond donors (Lipinski definition) is 1. The van der Waals surface area contributed by atoms with Gasteiger partial charge in [-0.1, -0.05) is 73.4 Å². The van der Waals surface area contributed by atoms with Crippen LogP contribution >= 0.6 is 0 Å². The van der Waals surface area contributed by atoms with Crippen LogP contribution in [0.2, 0.25) is 0 Å². The normalized spacial score (nSPS) is 15.0. The minimum atomic E-state index is -0.459. The number of aryl methyl sites for hydroxylation is 3. The molecule has 31 heavy (non-hydrogen) atoms. The average molecular weight is 421 g/mol. The number of nitrogens with one attached hydrogen (secondary N) is 1. The van der Waals surface area contributed by atoms with Gasteiger partial charge >= 0.3 is 0 Å². The molecule has 2 amide bonds. The van der Waals surface area contributed by atoms with E-state index in [1.807, 2.05) is 20.8 Å². The molecule has 2 aromatic rings. The zero-order valence-electron chi connectivity index (χ0n) is 19.4. The maximum Gasteiger partial charge on any atom is 0.243 e. The van der Waals surface area contributed by atoms with Crippen LogP contribution in [0.5, 0.6) is 0 Å². The summed E-state index contributed by atoms with van der Waals surface area (Å²) >= 11 is 0. The highest BCUT2D eigenvalue weighted by atomic mass is 16.2. The third-order valence-electron chi connectivity index (χ3n) is 6.41. The quantitative estimate of drug-likeness (QED) is 0.652. The van der Waals surface area contributed by atoms with Gasteiger partial charge in [0.2, 0.25) is 11.8 Å². The van der Waals surface area contributed by atoms with Crippen molar-refractivity contribution in [3.05, 3.63) is 70.3 Å². The topological polar surface area (TPSA) is 49.4 Å². The van der Waals surface area contributed by atoms with Gasteiger partial charge in [-0.15, -0.1) is 0 Å². The Morgan fingerprint density at radius 1 is 1.00 bits per heavy atom. The summed E-state index contributed by atoms with van der Waals surface area (Å²) in [7, 11) is 0. The molecule has 0 saturated heterocycles. The van der Waals surface area contributed by atoms with Crippen molar-refractivity contribution in [2.75, 3.05) is 0 Å². The molecule has 0 heterocycles. The predicted octanol–water partition coefficient (Wildman–Crippen LogP) is 5.02. The van der Waals surface area contributed by atoms with E-state index < -0.39 is 6.04 Å². The number of hydrogen-bond acceptors (Lipinski definition) is 2. The zero-order valence-corrected chi connectivity index (χ0v) is 19.4. The predicted molar refractivity (Wildman–Crippen MR) is 126 cm³/mol. The number of nitrogens with zero attached hydrogens (tertiary/aromatic N) is 1. The average Bonchev–Trinajstić information content (AvgIpc) is 3.25. The lowest BCUT2D eigenvalue weighted by atomic mass is 10.0. The van der Waals surface area contributed by atoms with Gasteiger partial charge in [-0.2, -0.15) is 0 Å². The molecule has 0 spiro atoms. The standard InChI is InChI=1S/C27H36N2O2/c1-5-25(27(31)28-24-8-6-7-9-24)29(18-22-14-11-19(2)12-15-22)26(30)17-23-16-20(3)10-13-21(23)4/h10-16,24-25H,5-9,17-18H2,1-4H3,(H,28,31)/t25-/m0/s1. The van der Waals surface area contributed by atoms with Crippen molar-refractivity contribution in [3.63, 3.8) is 0 Å². The van der Waals surface area contributed by atoms with Crippen LogP contribution in [0.3, 0.4) is 0 Å². The lowest BCUT2D eigenvalue weighted by Crippen LogP contribution is -2.51. The molecule has 2 aromatic carbocycles. The van der Waals surface area contributed by atoms with Crippen LogP contribution in [-0.4, -0.2) is 28.8 Å². The van der Waals surface area contributed by atoms with Crippen LogP contribution in [0.25, 0.3) is 0 Å². The SMILES string of the molecule is CC[C@@H](C(=O)NC1CCCC1)N(Cc1ccc(C)cc1)C(=O)Cc1cc(C)ccc1C. The van der Waals surface area contributed by atoms with Crippen molar-refractivity contribution >= 4 is 11.8 Å². The minimum absolute atomic E-state index is 0.00250. The Morgan fingerprint density at radius 3 is 2.29 bits per heavy atom. The van der Waals surface area contributed by atoms with Gasteiger partial charge in [0, 0.05) is 12.6 Å². The summed E-state index contributed by atoms with van der Waals surface area (Å²) in [5.41, 5.74) is 5.52. The highest BCUT2D eigenvalue weighted by Crippen LogP contribution is 2.20. The number of amides is 2. The molecule has 0 aliphatic heterocycles. The van der Waals surface area contributed by atoms with Gasteiger partial charge in [-0.3, -0.25) is 9.59 Å². The maximum absolute atomic E-state index is 13.5. The van der Waals surface area contributed by atoms with Gasteiger partial charge in [0.05, 0.1) is 6.42 Å². The largest absolute Gasteiger partial charge is 0.352 e. The molecule has 0 bridgehead atoms. The Hall–Kier alpha value is -2.62. The van der Waals surface area contributed by atoms with E-state index in [9.17, 15) is 9.59 Å². The van der Waals surface area contributed by atoms with Crippen molar-refractivity contribution in [2.24, 2.45) is 0 Å².